The molecule has 2 aromatic carbocycles. The van der Waals surface area contributed by atoms with E-state index in [0.717, 1.165) is 42.1 Å². The van der Waals surface area contributed by atoms with E-state index in [1.165, 1.54) is 11.1 Å². The van der Waals surface area contributed by atoms with Crippen molar-refractivity contribution < 1.29 is 8.42 Å². The smallest absolute Gasteiger partial charge is 0.250 e. The van der Waals surface area contributed by atoms with Gasteiger partial charge in [0, 0.05) is 45.5 Å². The summed E-state index contributed by atoms with van der Waals surface area (Å²) in [5.74, 6) is 0. The van der Waals surface area contributed by atoms with E-state index in [2.05, 4.69) is 63.1 Å². The second-order valence-electron chi connectivity index (χ2n) is 7.90. The Morgan fingerprint density at radius 3 is 2.42 bits per heavy atom. The first kappa shape index (κ1) is 22.3. The summed E-state index contributed by atoms with van der Waals surface area (Å²) in [4.78, 5) is 4.41. The largest absolute Gasteiger partial charge is 0.378 e. The number of anilines is 1. The lowest BCUT2D eigenvalue weighted by molar-refractivity contribution is 0.180. The molecular weight excluding hydrogens is 450 g/mol. The summed E-state index contributed by atoms with van der Waals surface area (Å²) in [6.45, 7) is 1.97. The standard InChI is InChI=1S/C23H26ClN3O2S2/c1-26(2)20-9-7-18(8-10-20)21(15-25-31(28,29)23-12-11-22(24)30-23)27-14-13-17-5-3-4-6-19(17)16-27/h3-12,21,25H,13-16H2,1-2H3/t21-/m1/s1. The number of hydrogen-bond donors (Lipinski definition) is 1. The highest BCUT2D eigenvalue weighted by Crippen LogP contribution is 2.30. The maximum absolute atomic E-state index is 12.8. The summed E-state index contributed by atoms with van der Waals surface area (Å²) in [7, 11) is 0.402. The van der Waals surface area contributed by atoms with Gasteiger partial charge in [-0.05, 0) is 47.4 Å². The van der Waals surface area contributed by atoms with Crippen LogP contribution in [0, 0.1) is 0 Å². The lowest BCUT2D eigenvalue weighted by atomic mass is 9.96. The Kier molecular flexibility index (Phi) is 6.69. The third kappa shape index (κ3) is 5.13. The molecule has 4 rings (SSSR count). The van der Waals surface area contributed by atoms with Gasteiger partial charge in [0.25, 0.3) is 0 Å². The number of rotatable bonds is 7. The van der Waals surface area contributed by atoms with Crippen LogP contribution in [-0.4, -0.2) is 40.5 Å². The SMILES string of the molecule is CN(C)c1ccc([C@@H](CNS(=O)(=O)c2ccc(Cl)s2)N2CCc3ccccc3C2)cc1. The van der Waals surface area contributed by atoms with E-state index < -0.39 is 10.0 Å². The van der Waals surface area contributed by atoms with Crippen molar-refractivity contribution in [2.75, 3.05) is 32.1 Å². The Morgan fingerprint density at radius 1 is 1.06 bits per heavy atom. The molecule has 2 heterocycles. The zero-order valence-electron chi connectivity index (χ0n) is 17.6. The Hall–Kier alpha value is -1.90. The molecule has 0 radical (unpaired) electrons. The maximum atomic E-state index is 12.8. The highest BCUT2D eigenvalue weighted by Gasteiger charge is 2.27. The van der Waals surface area contributed by atoms with Crippen LogP contribution in [0.2, 0.25) is 4.34 Å². The quantitative estimate of drug-likeness (QED) is 0.544. The van der Waals surface area contributed by atoms with E-state index >= 15 is 0 Å². The van der Waals surface area contributed by atoms with Crippen LogP contribution in [0.25, 0.3) is 0 Å². The average Bonchev–Trinajstić information content (AvgIpc) is 3.21. The molecule has 0 amide bonds. The van der Waals surface area contributed by atoms with Crippen LogP contribution < -0.4 is 9.62 Å². The number of nitrogens with zero attached hydrogens (tertiary/aromatic N) is 2. The normalized spacial score (nSPS) is 15.5. The Labute approximate surface area is 193 Å². The predicted octanol–water partition coefficient (Wildman–Crippen LogP) is 4.55. The molecule has 1 aliphatic rings. The molecule has 3 aromatic rings. The van der Waals surface area contributed by atoms with Crippen LogP contribution in [0.4, 0.5) is 5.69 Å². The lowest BCUT2D eigenvalue weighted by Crippen LogP contribution is -2.40. The van der Waals surface area contributed by atoms with E-state index in [0.29, 0.717) is 10.9 Å². The second kappa shape index (κ2) is 9.30. The zero-order chi connectivity index (χ0) is 22.0. The molecule has 0 bridgehead atoms. The monoisotopic (exact) mass is 475 g/mol. The van der Waals surface area contributed by atoms with Crippen LogP contribution in [0.5, 0.6) is 0 Å². The van der Waals surface area contributed by atoms with Crippen LogP contribution in [0.1, 0.15) is 22.7 Å². The topological polar surface area (TPSA) is 52.7 Å². The molecule has 1 aromatic heterocycles. The van der Waals surface area contributed by atoms with Gasteiger partial charge in [0.2, 0.25) is 10.0 Å². The molecule has 8 heteroatoms. The van der Waals surface area contributed by atoms with Crippen LogP contribution in [0.15, 0.2) is 64.9 Å². The third-order valence-electron chi connectivity index (χ3n) is 5.68. The summed E-state index contributed by atoms with van der Waals surface area (Å²) in [6.07, 6.45) is 0.954. The molecule has 5 nitrogen and oxygen atoms in total. The Balaban J connectivity index is 1.60. The van der Waals surface area contributed by atoms with Crippen molar-refractivity contribution in [3.05, 3.63) is 81.7 Å². The maximum Gasteiger partial charge on any atom is 0.250 e. The molecule has 1 atom stereocenters. The van der Waals surface area contributed by atoms with Gasteiger partial charge < -0.3 is 4.90 Å². The molecule has 1 aliphatic heterocycles. The average molecular weight is 476 g/mol. The number of halogens is 1. The minimum Gasteiger partial charge on any atom is -0.378 e. The Bertz CT molecular complexity index is 1140. The number of thiophene rings is 1. The highest BCUT2D eigenvalue weighted by molar-refractivity contribution is 7.91. The molecule has 164 valence electrons. The highest BCUT2D eigenvalue weighted by atomic mass is 35.5. The minimum absolute atomic E-state index is 0.0743. The van der Waals surface area contributed by atoms with Crippen molar-refractivity contribution in [2.45, 2.75) is 23.2 Å². The van der Waals surface area contributed by atoms with Crippen LogP contribution >= 0.6 is 22.9 Å². The van der Waals surface area contributed by atoms with Gasteiger partial charge in [0.1, 0.15) is 4.21 Å². The van der Waals surface area contributed by atoms with Gasteiger partial charge in [-0.25, -0.2) is 13.1 Å². The van der Waals surface area contributed by atoms with Crippen molar-refractivity contribution in [1.82, 2.24) is 9.62 Å². The first-order chi connectivity index (χ1) is 14.8. The molecule has 0 fully saturated rings. The summed E-state index contributed by atoms with van der Waals surface area (Å²) in [5, 5.41) is 0. The van der Waals surface area contributed by atoms with Crippen molar-refractivity contribution in [3.63, 3.8) is 0 Å². The van der Waals surface area contributed by atoms with Gasteiger partial charge in [0.05, 0.1) is 4.34 Å². The van der Waals surface area contributed by atoms with Gasteiger partial charge in [-0.15, -0.1) is 11.3 Å². The molecule has 0 spiro atoms. The number of sulfonamides is 1. The van der Waals surface area contributed by atoms with Gasteiger partial charge >= 0.3 is 0 Å². The van der Waals surface area contributed by atoms with Crippen molar-refractivity contribution >= 4 is 38.6 Å². The van der Waals surface area contributed by atoms with E-state index in [-0.39, 0.29) is 10.3 Å². The number of hydrogen-bond acceptors (Lipinski definition) is 5. The van der Waals surface area contributed by atoms with Crippen molar-refractivity contribution in [3.8, 4) is 0 Å². The second-order valence-corrected chi connectivity index (χ2v) is 11.6. The minimum atomic E-state index is -3.61. The van der Waals surface area contributed by atoms with Crippen molar-refractivity contribution in [1.29, 1.82) is 0 Å². The summed E-state index contributed by atoms with van der Waals surface area (Å²) < 4.78 is 29.2. The first-order valence-electron chi connectivity index (χ1n) is 10.2. The zero-order valence-corrected chi connectivity index (χ0v) is 20.0. The molecule has 0 aliphatic carbocycles. The fraction of sp³-hybridized carbons (Fsp3) is 0.304. The summed E-state index contributed by atoms with van der Waals surface area (Å²) in [6, 6.07) is 19.9. The molecule has 31 heavy (non-hydrogen) atoms. The van der Waals surface area contributed by atoms with Crippen LogP contribution in [-0.2, 0) is 23.0 Å². The van der Waals surface area contributed by atoms with E-state index in [9.17, 15) is 8.42 Å². The fourth-order valence-electron chi connectivity index (χ4n) is 3.94. The Morgan fingerprint density at radius 2 is 1.77 bits per heavy atom. The van der Waals surface area contributed by atoms with Crippen LogP contribution in [0.3, 0.4) is 0 Å². The fourth-order valence-corrected chi connectivity index (χ4v) is 6.50. The van der Waals surface area contributed by atoms with Gasteiger partial charge in [-0.2, -0.15) is 0 Å². The summed E-state index contributed by atoms with van der Waals surface area (Å²) >= 11 is 7.02. The molecule has 0 unspecified atom stereocenters. The number of nitrogens with one attached hydrogen (secondary N) is 1. The van der Waals surface area contributed by atoms with Gasteiger partial charge in [-0.3, -0.25) is 4.90 Å². The third-order valence-corrected chi connectivity index (χ3v) is 8.82. The molecule has 0 saturated carbocycles. The number of fused-ring (bicyclic) bond motifs is 1. The first-order valence-corrected chi connectivity index (χ1v) is 12.8. The van der Waals surface area contributed by atoms with E-state index in [4.69, 9.17) is 11.6 Å². The molecule has 1 N–H and O–H groups in total. The predicted molar refractivity (Wildman–Crippen MR) is 129 cm³/mol. The lowest BCUT2D eigenvalue weighted by Gasteiger charge is -2.36. The van der Waals surface area contributed by atoms with Gasteiger partial charge in [0.15, 0.2) is 0 Å². The molecule has 0 saturated heterocycles. The van der Waals surface area contributed by atoms with Crippen molar-refractivity contribution in [2.24, 2.45) is 0 Å². The summed E-state index contributed by atoms with van der Waals surface area (Å²) in [5.41, 5.74) is 4.88. The van der Waals surface area contributed by atoms with E-state index in [1.807, 2.05) is 14.1 Å². The number of benzene rings is 2. The molecular formula is C23H26ClN3O2S2. The van der Waals surface area contributed by atoms with E-state index in [1.54, 1.807) is 12.1 Å². The van der Waals surface area contributed by atoms with Gasteiger partial charge in [-0.1, -0.05) is 48.0 Å².